The number of benzene rings is 2. The third-order valence-corrected chi connectivity index (χ3v) is 3.42. The van der Waals surface area contributed by atoms with Crippen molar-refractivity contribution < 1.29 is 18.3 Å². The second-order valence-corrected chi connectivity index (χ2v) is 4.74. The number of fused-ring (bicyclic) bond motifs is 1. The number of methoxy groups -OCH3 is 1. The average molecular weight is 307 g/mol. The summed E-state index contributed by atoms with van der Waals surface area (Å²) in [5.41, 5.74) is 6.58. The van der Waals surface area contributed by atoms with Gasteiger partial charge in [-0.3, -0.25) is 0 Å². The molecule has 0 unspecified atom stereocenters. The molecule has 0 spiro atoms. The molecule has 3 rings (SSSR count). The van der Waals surface area contributed by atoms with Gasteiger partial charge in [0.15, 0.2) is 0 Å². The van der Waals surface area contributed by atoms with Crippen LogP contribution in [0.25, 0.3) is 11.1 Å². The summed E-state index contributed by atoms with van der Waals surface area (Å²) in [6.45, 7) is 0.606. The number of hydrogen-bond acceptors (Lipinski definition) is 3. The minimum Gasteiger partial charge on any atom is -0.496 e. The first-order valence-electron chi connectivity index (χ1n) is 7.06. The molecule has 0 radical (unpaired) electrons. The first-order valence-corrected chi connectivity index (χ1v) is 7.06. The first kappa shape index (κ1) is 16.2. The zero-order valence-corrected chi connectivity index (χ0v) is 12.7. The maximum Gasteiger partial charge on any atom is 0.130 e. The summed E-state index contributed by atoms with van der Waals surface area (Å²) < 4.78 is 37.9. The molecule has 5 heteroatoms. The Kier molecular flexibility index (Phi) is 5.33. The van der Waals surface area contributed by atoms with Gasteiger partial charge in [-0.2, -0.15) is 0 Å². The zero-order chi connectivity index (χ0) is 16.1. The molecule has 1 aliphatic heterocycles. The van der Waals surface area contributed by atoms with Crippen molar-refractivity contribution >= 4 is 0 Å². The standard InChI is InChI=1S/C16H14F2O2.CH5N/c1-19-15-9-11(17)4-5-13(15)14-8-12(18)7-10-3-2-6-20-16(10)14;1-2/h4-5,7-9H,2-3,6H2,1H3;2H2,1H3. The van der Waals surface area contributed by atoms with Crippen LogP contribution in [0.4, 0.5) is 8.78 Å². The summed E-state index contributed by atoms with van der Waals surface area (Å²) in [6, 6.07) is 7.10. The van der Waals surface area contributed by atoms with Gasteiger partial charge in [-0.1, -0.05) is 0 Å². The number of nitrogens with two attached hydrogens (primary N) is 1. The molecule has 0 saturated heterocycles. The van der Waals surface area contributed by atoms with Crippen molar-refractivity contribution in [2.24, 2.45) is 5.73 Å². The molecule has 3 nitrogen and oxygen atoms in total. The number of halogens is 2. The molecule has 0 atom stereocenters. The molecule has 0 amide bonds. The molecule has 1 heterocycles. The van der Waals surface area contributed by atoms with Gasteiger partial charge in [-0.05, 0) is 49.7 Å². The lowest BCUT2D eigenvalue weighted by molar-refractivity contribution is 0.288. The maximum atomic E-state index is 13.8. The highest BCUT2D eigenvalue weighted by atomic mass is 19.1. The molecule has 22 heavy (non-hydrogen) atoms. The van der Waals surface area contributed by atoms with Crippen molar-refractivity contribution in [2.75, 3.05) is 20.8 Å². The fraction of sp³-hybridized carbons (Fsp3) is 0.294. The molecular formula is C17H19F2NO2. The largest absolute Gasteiger partial charge is 0.496 e. The quantitative estimate of drug-likeness (QED) is 0.923. The molecule has 2 aromatic carbocycles. The molecule has 0 aromatic heterocycles. The number of hydrogen-bond donors (Lipinski definition) is 1. The van der Waals surface area contributed by atoms with Crippen molar-refractivity contribution in [3.63, 3.8) is 0 Å². The molecular weight excluding hydrogens is 288 g/mol. The van der Waals surface area contributed by atoms with Gasteiger partial charge in [0.1, 0.15) is 23.1 Å². The van der Waals surface area contributed by atoms with Crippen LogP contribution in [0.2, 0.25) is 0 Å². The van der Waals surface area contributed by atoms with Crippen LogP contribution in [0.1, 0.15) is 12.0 Å². The minimum absolute atomic E-state index is 0.323. The topological polar surface area (TPSA) is 44.5 Å². The Bertz CT molecular complexity index is 659. The average Bonchev–Trinajstić information content (AvgIpc) is 2.56. The number of aryl methyl sites for hydroxylation is 1. The van der Waals surface area contributed by atoms with Crippen LogP contribution in [0.5, 0.6) is 11.5 Å². The summed E-state index contributed by atoms with van der Waals surface area (Å²) >= 11 is 0. The second-order valence-electron chi connectivity index (χ2n) is 4.74. The Balaban J connectivity index is 0.000000847. The van der Waals surface area contributed by atoms with Crippen molar-refractivity contribution in [1.29, 1.82) is 0 Å². The van der Waals surface area contributed by atoms with Gasteiger partial charge in [0.25, 0.3) is 0 Å². The fourth-order valence-electron chi connectivity index (χ4n) is 2.53. The molecule has 0 aliphatic carbocycles. The van der Waals surface area contributed by atoms with Gasteiger partial charge < -0.3 is 15.2 Å². The Morgan fingerprint density at radius 2 is 1.82 bits per heavy atom. The molecule has 0 fully saturated rings. The third-order valence-electron chi connectivity index (χ3n) is 3.42. The summed E-state index contributed by atoms with van der Waals surface area (Å²) in [5, 5.41) is 0. The van der Waals surface area contributed by atoms with E-state index in [9.17, 15) is 8.78 Å². The monoisotopic (exact) mass is 307 g/mol. The van der Waals surface area contributed by atoms with E-state index in [2.05, 4.69) is 5.73 Å². The van der Waals surface area contributed by atoms with Crippen molar-refractivity contribution in [3.05, 3.63) is 47.5 Å². The second kappa shape index (κ2) is 7.22. The van der Waals surface area contributed by atoms with E-state index in [0.29, 0.717) is 29.2 Å². The van der Waals surface area contributed by atoms with Crippen LogP contribution in [0.3, 0.4) is 0 Å². The van der Waals surface area contributed by atoms with Gasteiger partial charge in [-0.15, -0.1) is 0 Å². The fourth-order valence-corrected chi connectivity index (χ4v) is 2.53. The van der Waals surface area contributed by atoms with E-state index in [1.165, 1.54) is 38.4 Å². The van der Waals surface area contributed by atoms with Crippen LogP contribution in [-0.2, 0) is 6.42 Å². The SMILES string of the molecule is CN.COc1cc(F)ccc1-c1cc(F)cc2c1OCCC2. The summed E-state index contributed by atoms with van der Waals surface area (Å²) in [7, 11) is 2.96. The van der Waals surface area contributed by atoms with Gasteiger partial charge in [-0.25, -0.2) is 8.78 Å². The van der Waals surface area contributed by atoms with E-state index < -0.39 is 5.82 Å². The third kappa shape index (κ3) is 3.20. The predicted molar refractivity (Wildman–Crippen MR) is 82.3 cm³/mol. The zero-order valence-electron chi connectivity index (χ0n) is 12.7. The number of rotatable bonds is 2. The van der Waals surface area contributed by atoms with Gasteiger partial charge in [0.2, 0.25) is 0 Å². The molecule has 0 bridgehead atoms. The maximum absolute atomic E-state index is 13.8. The van der Waals surface area contributed by atoms with Crippen LogP contribution in [0, 0.1) is 11.6 Å². The van der Waals surface area contributed by atoms with E-state index in [1.54, 1.807) is 6.07 Å². The van der Waals surface area contributed by atoms with E-state index in [0.717, 1.165) is 18.4 Å². The van der Waals surface area contributed by atoms with Crippen LogP contribution in [0.15, 0.2) is 30.3 Å². The highest BCUT2D eigenvalue weighted by molar-refractivity contribution is 5.77. The summed E-state index contributed by atoms with van der Waals surface area (Å²) in [5.74, 6) is 0.321. The Morgan fingerprint density at radius 3 is 2.55 bits per heavy atom. The molecule has 2 aromatic rings. The smallest absolute Gasteiger partial charge is 0.130 e. The first-order chi connectivity index (χ1) is 10.7. The highest BCUT2D eigenvalue weighted by Crippen LogP contribution is 2.41. The minimum atomic E-state index is -0.392. The van der Waals surface area contributed by atoms with E-state index in [-0.39, 0.29) is 5.82 Å². The Hall–Kier alpha value is -2.14. The highest BCUT2D eigenvalue weighted by Gasteiger charge is 2.20. The Morgan fingerprint density at radius 1 is 1.05 bits per heavy atom. The lowest BCUT2D eigenvalue weighted by Gasteiger charge is -2.21. The van der Waals surface area contributed by atoms with Crippen molar-refractivity contribution in [3.8, 4) is 22.6 Å². The molecule has 2 N–H and O–H groups in total. The van der Waals surface area contributed by atoms with Crippen molar-refractivity contribution in [1.82, 2.24) is 0 Å². The predicted octanol–water partition coefficient (Wildman–Crippen LogP) is 3.54. The number of ether oxygens (including phenoxy) is 2. The van der Waals surface area contributed by atoms with Gasteiger partial charge in [0.05, 0.1) is 13.7 Å². The van der Waals surface area contributed by atoms with Gasteiger partial charge >= 0.3 is 0 Å². The molecule has 1 aliphatic rings. The van der Waals surface area contributed by atoms with E-state index in [1.807, 2.05) is 0 Å². The molecule has 118 valence electrons. The molecule has 0 saturated carbocycles. The van der Waals surface area contributed by atoms with Crippen molar-refractivity contribution in [2.45, 2.75) is 12.8 Å². The summed E-state index contributed by atoms with van der Waals surface area (Å²) in [4.78, 5) is 0. The summed E-state index contributed by atoms with van der Waals surface area (Å²) in [6.07, 6.45) is 1.65. The lowest BCUT2D eigenvalue weighted by atomic mass is 9.96. The van der Waals surface area contributed by atoms with Crippen LogP contribution < -0.4 is 15.2 Å². The van der Waals surface area contributed by atoms with Crippen LogP contribution >= 0.6 is 0 Å². The van der Waals surface area contributed by atoms with Crippen LogP contribution in [-0.4, -0.2) is 20.8 Å². The Labute approximate surface area is 128 Å². The lowest BCUT2D eigenvalue weighted by Crippen LogP contribution is -2.10. The van der Waals surface area contributed by atoms with E-state index in [4.69, 9.17) is 9.47 Å². The van der Waals surface area contributed by atoms with E-state index >= 15 is 0 Å². The normalized spacial score (nSPS) is 12.6. The van der Waals surface area contributed by atoms with Gasteiger partial charge in [0, 0.05) is 17.2 Å².